The van der Waals surface area contributed by atoms with Crippen molar-refractivity contribution in [2.75, 3.05) is 19.5 Å². The topological polar surface area (TPSA) is 89.5 Å². The molecule has 0 fully saturated rings. The number of carbonyl (C=O) groups is 2. The zero-order valence-electron chi connectivity index (χ0n) is 16.1. The largest absolute Gasteiger partial charge is 0.493 e. The third-order valence-corrected chi connectivity index (χ3v) is 4.19. The predicted molar refractivity (Wildman–Crippen MR) is 109 cm³/mol. The maximum atomic E-state index is 12.6. The first-order valence-corrected chi connectivity index (χ1v) is 8.92. The average molecular weight is 391 g/mol. The number of methoxy groups -OCH3 is 2. The van der Waals surface area contributed by atoms with E-state index < -0.39 is 0 Å². The fourth-order valence-corrected chi connectivity index (χ4v) is 2.68. The summed E-state index contributed by atoms with van der Waals surface area (Å²) < 4.78 is 10.4. The number of nitrogens with one attached hydrogen (secondary N) is 2. The number of benzene rings is 2. The normalized spacial score (nSPS) is 10.1. The Bertz CT molecular complexity index is 1010. The van der Waals surface area contributed by atoms with Crippen LogP contribution >= 0.6 is 0 Å². The molecule has 0 aliphatic carbocycles. The van der Waals surface area contributed by atoms with Crippen LogP contribution in [0.1, 0.15) is 26.4 Å². The molecule has 148 valence electrons. The molecular formula is C22H21N3O4. The number of amides is 2. The van der Waals surface area contributed by atoms with E-state index in [0.717, 1.165) is 5.56 Å². The first kappa shape index (κ1) is 19.9. The van der Waals surface area contributed by atoms with Crippen molar-refractivity contribution in [3.8, 4) is 11.5 Å². The van der Waals surface area contributed by atoms with Crippen LogP contribution in [0.15, 0.2) is 66.9 Å². The Morgan fingerprint density at radius 2 is 1.66 bits per heavy atom. The van der Waals surface area contributed by atoms with Gasteiger partial charge in [0.05, 0.1) is 14.2 Å². The van der Waals surface area contributed by atoms with E-state index in [0.29, 0.717) is 29.3 Å². The molecule has 2 amide bonds. The molecule has 1 heterocycles. The molecule has 2 aromatic carbocycles. The number of anilines is 1. The van der Waals surface area contributed by atoms with Crippen molar-refractivity contribution in [3.63, 3.8) is 0 Å². The second-order valence-electron chi connectivity index (χ2n) is 6.12. The highest BCUT2D eigenvalue weighted by molar-refractivity contribution is 6.05. The fourth-order valence-electron chi connectivity index (χ4n) is 2.68. The Balaban J connectivity index is 1.68. The molecule has 7 heteroatoms. The minimum Gasteiger partial charge on any atom is -0.493 e. The van der Waals surface area contributed by atoms with Crippen LogP contribution < -0.4 is 20.1 Å². The van der Waals surface area contributed by atoms with Gasteiger partial charge in [0.1, 0.15) is 5.69 Å². The molecule has 0 saturated carbocycles. The first-order chi connectivity index (χ1) is 14.1. The van der Waals surface area contributed by atoms with Gasteiger partial charge in [-0.1, -0.05) is 30.3 Å². The van der Waals surface area contributed by atoms with Crippen LogP contribution in [0.25, 0.3) is 0 Å². The lowest BCUT2D eigenvalue weighted by atomic mass is 10.2. The van der Waals surface area contributed by atoms with E-state index in [1.165, 1.54) is 26.5 Å². The summed E-state index contributed by atoms with van der Waals surface area (Å²) in [7, 11) is 3.06. The Labute approximate surface area is 168 Å². The number of ether oxygens (including phenoxy) is 2. The lowest BCUT2D eigenvalue weighted by Gasteiger charge is -2.11. The standard InChI is InChI=1S/C22H21N3O4/c1-28-19-9-8-17(13-20(19)29-2)25-21(26)16-10-11-23-18(12-16)22(27)24-14-15-6-4-3-5-7-15/h3-13H,14H2,1-2H3,(H,24,27)(H,25,26). The lowest BCUT2D eigenvalue weighted by molar-refractivity contribution is 0.0946. The van der Waals surface area contributed by atoms with Gasteiger partial charge in [-0.25, -0.2) is 0 Å². The summed E-state index contributed by atoms with van der Waals surface area (Å²) >= 11 is 0. The summed E-state index contributed by atoms with van der Waals surface area (Å²) in [6, 6.07) is 17.6. The predicted octanol–water partition coefficient (Wildman–Crippen LogP) is 3.28. The maximum absolute atomic E-state index is 12.6. The zero-order chi connectivity index (χ0) is 20.6. The van der Waals surface area contributed by atoms with Crippen LogP contribution in [-0.2, 0) is 6.54 Å². The molecule has 0 atom stereocenters. The maximum Gasteiger partial charge on any atom is 0.270 e. The van der Waals surface area contributed by atoms with Crippen molar-refractivity contribution in [2.45, 2.75) is 6.54 Å². The van der Waals surface area contributed by atoms with Gasteiger partial charge < -0.3 is 20.1 Å². The van der Waals surface area contributed by atoms with E-state index in [-0.39, 0.29) is 17.5 Å². The Morgan fingerprint density at radius 1 is 0.897 bits per heavy atom. The molecular weight excluding hydrogens is 370 g/mol. The summed E-state index contributed by atoms with van der Waals surface area (Å²) in [4.78, 5) is 29.0. The van der Waals surface area contributed by atoms with Gasteiger partial charge in [-0.05, 0) is 29.8 Å². The molecule has 0 saturated heterocycles. The molecule has 29 heavy (non-hydrogen) atoms. The minimum absolute atomic E-state index is 0.167. The molecule has 0 radical (unpaired) electrons. The second kappa shape index (κ2) is 9.36. The van der Waals surface area contributed by atoms with Gasteiger partial charge in [0, 0.05) is 30.1 Å². The van der Waals surface area contributed by atoms with Crippen LogP contribution in [0, 0.1) is 0 Å². The fraction of sp³-hybridized carbons (Fsp3) is 0.136. The summed E-state index contributed by atoms with van der Waals surface area (Å²) in [5, 5.41) is 5.57. The quantitative estimate of drug-likeness (QED) is 0.645. The van der Waals surface area contributed by atoms with Crippen molar-refractivity contribution in [3.05, 3.63) is 83.7 Å². The van der Waals surface area contributed by atoms with Crippen LogP contribution in [0.5, 0.6) is 11.5 Å². The van der Waals surface area contributed by atoms with E-state index in [1.807, 2.05) is 30.3 Å². The molecule has 7 nitrogen and oxygen atoms in total. The first-order valence-electron chi connectivity index (χ1n) is 8.92. The molecule has 3 aromatic rings. The molecule has 0 unspecified atom stereocenters. The van der Waals surface area contributed by atoms with Crippen molar-refractivity contribution >= 4 is 17.5 Å². The molecule has 0 bridgehead atoms. The van der Waals surface area contributed by atoms with Gasteiger partial charge in [0.2, 0.25) is 0 Å². The number of carbonyl (C=O) groups excluding carboxylic acids is 2. The van der Waals surface area contributed by atoms with Crippen molar-refractivity contribution in [2.24, 2.45) is 0 Å². The third kappa shape index (κ3) is 5.10. The van der Waals surface area contributed by atoms with Crippen LogP contribution in [0.3, 0.4) is 0 Å². The smallest absolute Gasteiger partial charge is 0.270 e. The highest BCUT2D eigenvalue weighted by Gasteiger charge is 2.13. The van der Waals surface area contributed by atoms with Crippen LogP contribution in [-0.4, -0.2) is 31.0 Å². The number of nitrogens with zero attached hydrogens (tertiary/aromatic N) is 1. The summed E-state index contributed by atoms with van der Waals surface area (Å²) in [5.41, 5.74) is 2.00. The van der Waals surface area contributed by atoms with E-state index in [1.54, 1.807) is 24.3 Å². The SMILES string of the molecule is COc1ccc(NC(=O)c2ccnc(C(=O)NCc3ccccc3)c2)cc1OC. The van der Waals surface area contributed by atoms with Crippen molar-refractivity contribution in [1.29, 1.82) is 0 Å². The van der Waals surface area contributed by atoms with Gasteiger partial charge in [0.15, 0.2) is 11.5 Å². The number of pyridine rings is 1. The van der Waals surface area contributed by atoms with Gasteiger partial charge in [-0.2, -0.15) is 0 Å². The number of rotatable bonds is 7. The summed E-state index contributed by atoms with van der Waals surface area (Å²) in [6.45, 7) is 0.378. The van der Waals surface area contributed by atoms with E-state index in [4.69, 9.17) is 9.47 Å². The monoisotopic (exact) mass is 391 g/mol. The van der Waals surface area contributed by atoms with Gasteiger partial charge >= 0.3 is 0 Å². The zero-order valence-corrected chi connectivity index (χ0v) is 16.1. The van der Waals surface area contributed by atoms with Gasteiger partial charge in [-0.15, -0.1) is 0 Å². The molecule has 0 spiro atoms. The molecule has 0 aliphatic rings. The molecule has 1 aromatic heterocycles. The molecule has 0 aliphatic heterocycles. The Hall–Kier alpha value is -3.87. The Morgan fingerprint density at radius 3 is 2.38 bits per heavy atom. The second-order valence-corrected chi connectivity index (χ2v) is 6.12. The molecule has 3 rings (SSSR count). The minimum atomic E-state index is -0.364. The highest BCUT2D eigenvalue weighted by atomic mass is 16.5. The van der Waals surface area contributed by atoms with E-state index in [2.05, 4.69) is 15.6 Å². The van der Waals surface area contributed by atoms with Crippen molar-refractivity contribution < 1.29 is 19.1 Å². The van der Waals surface area contributed by atoms with E-state index in [9.17, 15) is 9.59 Å². The van der Waals surface area contributed by atoms with Crippen LogP contribution in [0.4, 0.5) is 5.69 Å². The third-order valence-electron chi connectivity index (χ3n) is 4.19. The summed E-state index contributed by atoms with van der Waals surface area (Å²) in [5.74, 6) is 0.346. The number of hydrogen-bond acceptors (Lipinski definition) is 5. The Kier molecular flexibility index (Phi) is 6.42. The van der Waals surface area contributed by atoms with E-state index >= 15 is 0 Å². The van der Waals surface area contributed by atoms with Crippen molar-refractivity contribution in [1.82, 2.24) is 10.3 Å². The summed E-state index contributed by atoms with van der Waals surface area (Å²) in [6.07, 6.45) is 1.43. The number of hydrogen-bond donors (Lipinski definition) is 2. The average Bonchev–Trinajstić information content (AvgIpc) is 2.78. The van der Waals surface area contributed by atoms with Gasteiger partial charge in [0.25, 0.3) is 11.8 Å². The molecule has 2 N–H and O–H groups in total. The van der Waals surface area contributed by atoms with Gasteiger partial charge in [-0.3, -0.25) is 14.6 Å². The van der Waals surface area contributed by atoms with Crippen LogP contribution in [0.2, 0.25) is 0 Å². The highest BCUT2D eigenvalue weighted by Crippen LogP contribution is 2.29. The lowest BCUT2D eigenvalue weighted by Crippen LogP contribution is -2.24. The number of aromatic nitrogens is 1.